The molecule has 1 fully saturated rings. The summed E-state index contributed by atoms with van der Waals surface area (Å²) in [5, 5.41) is 0.505. The van der Waals surface area contributed by atoms with Crippen LogP contribution in [-0.4, -0.2) is 42.6 Å². The van der Waals surface area contributed by atoms with Crippen LogP contribution in [0.15, 0.2) is 12.1 Å². The lowest BCUT2D eigenvalue weighted by molar-refractivity contribution is 0.258. The van der Waals surface area contributed by atoms with Crippen LogP contribution in [0, 0.1) is 0 Å². The van der Waals surface area contributed by atoms with Gasteiger partial charge in [-0.1, -0.05) is 18.5 Å². The van der Waals surface area contributed by atoms with Crippen LogP contribution in [0.1, 0.15) is 13.3 Å². The van der Waals surface area contributed by atoms with Gasteiger partial charge in [-0.05, 0) is 25.1 Å². The minimum absolute atomic E-state index is 0.505. The third kappa shape index (κ3) is 3.01. The van der Waals surface area contributed by atoms with E-state index >= 15 is 0 Å². The minimum atomic E-state index is 0.505. The molecule has 1 aliphatic rings. The van der Waals surface area contributed by atoms with Crippen LogP contribution in [0.25, 0.3) is 0 Å². The second-order valence-corrected chi connectivity index (χ2v) is 4.76. The molecule has 0 saturated carbocycles. The van der Waals surface area contributed by atoms with Gasteiger partial charge in [-0.15, -0.1) is 0 Å². The predicted molar refractivity (Wildman–Crippen MR) is 72.6 cm³/mol. The molecule has 2 rings (SSSR count). The topological polar surface area (TPSA) is 45.4 Å². The zero-order valence-corrected chi connectivity index (χ0v) is 11.0. The number of anilines is 2. The lowest BCUT2D eigenvalue weighted by Crippen LogP contribution is -2.47. The Kier molecular flexibility index (Phi) is 4.07. The van der Waals surface area contributed by atoms with Gasteiger partial charge in [0.1, 0.15) is 5.15 Å². The quantitative estimate of drug-likeness (QED) is 0.837. The highest BCUT2D eigenvalue weighted by atomic mass is 35.5. The number of halogens is 1. The number of nitrogen functional groups attached to an aromatic ring is 1. The van der Waals surface area contributed by atoms with E-state index in [1.165, 1.54) is 13.0 Å². The van der Waals surface area contributed by atoms with Gasteiger partial charge in [0.2, 0.25) is 0 Å². The lowest BCUT2D eigenvalue weighted by Gasteiger charge is -2.35. The van der Waals surface area contributed by atoms with Crippen molar-refractivity contribution in [2.75, 3.05) is 43.4 Å². The van der Waals surface area contributed by atoms with Gasteiger partial charge in [-0.25, -0.2) is 4.98 Å². The fraction of sp³-hybridized carbons (Fsp3) is 0.583. The summed E-state index contributed by atoms with van der Waals surface area (Å²) in [6, 6.07) is 3.55. The zero-order valence-electron chi connectivity index (χ0n) is 10.2. The molecule has 94 valence electrons. The number of nitrogens with two attached hydrogens (primary N) is 1. The molecule has 17 heavy (non-hydrogen) atoms. The largest absolute Gasteiger partial charge is 0.396 e. The number of nitrogens with zero attached hydrogens (tertiary/aromatic N) is 3. The van der Waals surface area contributed by atoms with Crippen molar-refractivity contribution < 1.29 is 0 Å². The van der Waals surface area contributed by atoms with Crippen LogP contribution in [0.3, 0.4) is 0 Å². The van der Waals surface area contributed by atoms with E-state index in [4.69, 9.17) is 17.3 Å². The Labute approximate surface area is 107 Å². The molecule has 2 heterocycles. The molecule has 1 saturated heterocycles. The first-order chi connectivity index (χ1) is 8.20. The van der Waals surface area contributed by atoms with E-state index in [0.717, 1.165) is 32.0 Å². The van der Waals surface area contributed by atoms with Gasteiger partial charge in [-0.3, -0.25) is 4.90 Å². The van der Waals surface area contributed by atoms with Gasteiger partial charge in [0.25, 0.3) is 0 Å². The maximum Gasteiger partial charge on any atom is 0.153 e. The van der Waals surface area contributed by atoms with Crippen LogP contribution in [0.2, 0.25) is 5.15 Å². The molecule has 0 radical (unpaired) electrons. The molecular formula is C12H19ClN4. The summed E-state index contributed by atoms with van der Waals surface area (Å²) in [6.45, 7) is 7.47. The Bertz CT molecular complexity index is 375. The maximum atomic E-state index is 5.94. The second kappa shape index (κ2) is 5.56. The van der Waals surface area contributed by atoms with Crippen molar-refractivity contribution in [3.63, 3.8) is 0 Å². The summed E-state index contributed by atoms with van der Waals surface area (Å²) in [4.78, 5) is 9.00. The Morgan fingerprint density at radius 3 is 2.65 bits per heavy atom. The first-order valence-corrected chi connectivity index (χ1v) is 6.48. The maximum absolute atomic E-state index is 5.94. The minimum Gasteiger partial charge on any atom is -0.396 e. The second-order valence-electron chi connectivity index (χ2n) is 4.38. The van der Waals surface area contributed by atoms with Gasteiger partial charge in [0.05, 0.1) is 5.69 Å². The average molecular weight is 255 g/mol. The highest BCUT2D eigenvalue weighted by molar-refractivity contribution is 6.29. The number of rotatable bonds is 3. The molecule has 1 aromatic rings. The van der Waals surface area contributed by atoms with Crippen molar-refractivity contribution in [2.45, 2.75) is 13.3 Å². The number of hydrogen-bond donors (Lipinski definition) is 1. The number of piperazine rings is 1. The third-order valence-electron chi connectivity index (χ3n) is 3.08. The van der Waals surface area contributed by atoms with E-state index in [-0.39, 0.29) is 0 Å². The molecule has 5 heteroatoms. The van der Waals surface area contributed by atoms with E-state index in [2.05, 4.69) is 21.7 Å². The average Bonchev–Trinajstić information content (AvgIpc) is 2.34. The zero-order chi connectivity index (χ0) is 12.3. The number of aromatic nitrogens is 1. The molecule has 0 aromatic carbocycles. The molecule has 0 amide bonds. The standard InChI is InChI=1S/C12H19ClN4/c1-2-5-16-6-8-17(9-7-16)12-10(14)3-4-11(13)15-12/h3-4H,2,5-9,14H2,1H3. The summed E-state index contributed by atoms with van der Waals surface area (Å²) in [5.74, 6) is 0.827. The SMILES string of the molecule is CCCN1CCN(c2nc(Cl)ccc2N)CC1. The summed E-state index contributed by atoms with van der Waals surface area (Å²) in [6.07, 6.45) is 1.21. The molecule has 4 nitrogen and oxygen atoms in total. The molecule has 2 N–H and O–H groups in total. The van der Waals surface area contributed by atoms with Crippen molar-refractivity contribution >= 4 is 23.1 Å². The fourth-order valence-corrected chi connectivity index (χ4v) is 2.33. The van der Waals surface area contributed by atoms with E-state index in [9.17, 15) is 0 Å². The molecule has 0 spiro atoms. The summed E-state index contributed by atoms with van der Waals surface area (Å²) >= 11 is 5.91. The Morgan fingerprint density at radius 2 is 2.00 bits per heavy atom. The molecule has 0 aliphatic carbocycles. The molecular weight excluding hydrogens is 236 g/mol. The summed E-state index contributed by atoms with van der Waals surface area (Å²) < 4.78 is 0. The van der Waals surface area contributed by atoms with E-state index < -0.39 is 0 Å². The van der Waals surface area contributed by atoms with Crippen LogP contribution in [-0.2, 0) is 0 Å². The first-order valence-electron chi connectivity index (χ1n) is 6.10. The summed E-state index contributed by atoms with van der Waals surface area (Å²) in [5.41, 5.74) is 6.64. The van der Waals surface area contributed by atoms with Gasteiger partial charge in [-0.2, -0.15) is 0 Å². The van der Waals surface area contributed by atoms with Crippen LogP contribution >= 0.6 is 11.6 Å². The Hall–Kier alpha value is -1.00. The van der Waals surface area contributed by atoms with Crippen molar-refractivity contribution in [2.24, 2.45) is 0 Å². The van der Waals surface area contributed by atoms with Crippen LogP contribution < -0.4 is 10.6 Å². The molecule has 0 bridgehead atoms. The number of hydrogen-bond acceptors (Lipinski definition) is 4. The highest BCUT2D eigenvalue weighted by Gasteiger charge is 2.19. The van der Waals surface area contributed by atoms with Gasteiger partial charge < -0.3 is 10.6 Å². The van der Waals surface area contributed by atoms with Gasteiger partial charge >= 0.3 is 0 Å². The lowest BCUT2D eigenvalue weighted by atomic mass is 10.2. The van der Waals surface area contributed by atoms with E-state index in [1.54, 1.807) is 6.07 Å². The molecule has 0 atom stereocenters. The fourth-order valence-electron chi connectivity index (χ4n) is 2.19. The van der Waals surface area contributed by atoms with E-state index in [1.807, 2.05) is 6.07 Å². The smallest absolute Gasteiger partial charge is 0.153 e. The molecule has 1 aliphatic heterocycles. The highest BCUT2D eigenvalue weighted by Crippen LogP contribution is 2.23. The Balaban J connectivity index is 2.02. The van der Waals surface area contributed by atoms with Gasteiger partial charge in [0, 0.05) is 26.2 Å². The van der Waals surface area contributed by atoms with E-state index in [0.29, 0.717) is 10.8 Å². The predicted octanol–water partition coefficient (Wildman–Crippen LogP) is 1.85. The first kappa shape index (κ1) is 12.5. The van der Waals surface area contributed by atoms with Crippen molar-refractivity contribution in [3.05, 3.63) is 17.3 Å². The normalized spacial score (nSPS) is 17.4. The Morgan fingerprint density at radius 1 is 1.29 bits per heavy atom. The molecule has 0 unspecified atom stereocenters. The van der Waals surface area contributed by atoms with Crippen LogP contribution in [0.4, 0.5) is 11.5 Å². The summed E-state index contributed by atoms with van der Waals surface area (Å²) in [7, 11) is 0. The molecule has 1 aromatic heterocycles. The van der Waals surface area contributed by atoms with Crippen molar-refractivity contribution in [1.29, 1.82) is 0 Å². The number of pyridine rings is 1. The van der Waals surface area contributed by atoms with Crippen molar-refractivity contribution in [1.82, 2.24) is 9.88 Å². The monoisotopic (exact) mass is 254 g/mol. The van der Waals surface area contributed by atoms with Crippen molar-refractivity contribution in [3.8, 4) is 0 Å². The third-order valence-corrected chi connectivity index (χ3v) is 3.29. The van der Waals surface area contributed by atoms with Crippen LogP contribution in [0.5, 0.6) is 0 Å². The van der Waals surface area contributed by atoms with Gasteiger partial charge in [0.15, 0.2) is 5.82 Å².